The molecule has 0 N–H and O–H groups in total. The lowest BCUT2D eigenvalue weighted by atomic mass is 10.1. The van der Waals surface area contributed by atoms with E-state index in [0.29, 0.717) is 0 Å². The van der Waals surface area contributed by atoms with E-state index >= 15 is 0 Å². The van der Waals surface area contributed by atoms with Gasteiger partial charge in [0.15, 0.2) is 0 Å². The summed E-state index contributed by atoms with van der Waals surface area (Å²) in [6, 6.07) is 14.0. The SMILES string of the molecule is N#CC1CCCC1Oc1ccc(Cl)c2ccccc12. The van der Waals surface area contributed by atoms with Crippen LogP contribution in [0.4, 0.5) is 0 Å². The van der Waals surface area contributed by atoms with E-state index in [0.717, 1.165) is 40.8 Å². The van der Waals surface area contributed by atoms with Crippen molar-refractivity contribution in [1.29, 1.82) is 5.26 Å². The summed E-state index contributed by atoms with van der Waals surface area (Å²) in [6.45, 7) is 0. The third-order valence-electron chi connectivity index (χ3n) is 3.73. The predicted molar refractivity (Wildman–Crippen MR) is 76.3 cm³/mol. The van der Waals surface area contributed by atoms with Crippen LogP contribution in [0, 0.1) is 17.2 Å². The number of hydrogen-bond donors (Lipinski definition) is 0. The van der Waals surface area contributed by atoms with Crippen molar-refractivity contribution in [1.82, 2.24) is 0 Å². The molecular weight excluding hydrogens is 258 g/mol. The van der Waals surface area contributed by atoms with Crippen molar-refractivity contribution >= 4 is 22.4 Å². The highest BCUT2D eigenvalue weighted by atomic mass is 35.5. The molecule has 96 valence electrons. The van der Waals surface area contributed by atoms with Crippen molar-refractivity contribution < 1.29 is 4.74 Å². The molecule has 2 atom stereocenters. The third kappa shape index (κ3) is 2.27. The van der Waals surface area contributed by atoms with E-state index < -0.39 is 0 Å². The van der Waals surface area contributed by atoms with E-state index in [1.807, 2.05) is 36.4 Å². The van der Waals surface area contributed by atoms with E-state index in [4.69, 9.17) is 21.6 Å². The van der Waals surface area contributed by atoms with Gasteiger partial charge in [0.2, 0.25) is 0 Å². The number of nitriles is 1. The average molecular weight is 272 g/mol. The van der Waals surface area contributed by atoms with Gasteiger partial charge in [-0.1, -0.05) is 35.9 Å². The molecule has 2 unspecified atom stereocenters. The molecule has 2 aromatic carbocycles. The normalized spacial score (nSPS) is 22.3. The molecule has 0 radical (unpaired) electrons. The maximum absolute atomic E-state index is 9.12. The Balaban J connectivity index is 1.98. The molecule has 0 aliphatic heterocycles. The minimum atomic E-state index is 0.00874. The summed E-state index contributed by atoms with van der Waals surface area (Å²) in [5.74, 6) is 0.835. The molecule has 0 bridgehead atoms. The van der Waals surface area contributed by atoms with Crippen molar-refractivity contribution in [3.8, 4) is 11.8 Å². The molecule has 0 aromatic heterocycles. The molecule has 0 amide bonds. The van der Waals surface area contributed by atoms with Crippen LogP contribution in [0.5, 0.6) is 5.75 Å². The Labute approximate surface area is 117 Å². The first-order valence-corrected chi connectivity index (χ1v) is 6.91. The van der Waals surface area contributed by atoms with E-state index in [9.17, 15) is 0 Å². The Morgan fingerprint density at radius 3 is 2.68 bits per heavy atom. The molecule has 2 aromatic rings. The fraction of sp³-hybridized carbons (Fsp3) is 0.312. The summed E-state index contributed by atoms with van der Waals surface area (Å²) in [6.07, 6.45) is 2.96. The molecule has 1 fully saturated rings. The number of fused-ring (bicyclic) bond motifs is 1. The second-order valence-corrected chi connectivity index (χ2v) is 5.32. The Kier molecular flexibility index (Phi) is 3.31. The van der Waals surface area contributed by atoms with Crippen molar-refractivity contribution in [2.75, 3.05) is 0 Å². The van der Waals surface area contributed by atoms with Crippen LogP contribution in [0.2, 0.25) is 5.02 Å². The van der Waals surface area contributed by atoms with Gasteiger partial charge in [-0.2, -0.15) is 5.26 Å². The standard InChI is InChI=1S/C16H14ClNO/c17-14-8-9-16(13-6-2-1-5-12(13)14)19-15-7-3-4-11(15)10-18/h1-2,5-6,8-9,11,15H,3-4,7H2. The van der Waals surface area contributed by atoms with Gasteiger partial charge >= 0.3 is 0 Å². The van der Waals surface area contributed by atoms with Crippen LogP contribution in [0.3, 0.4) is 0 Å². The molecule has 3 heteroatoms. The van der Waals surface area contributed by atoms with Gasteiger partial charge in [0.05, 0.1) is 12.0 Å². The van der Waals surface area contributed by atoms with Gasteiger partial charge in [-0.05, 0) is 31.4 Å². The number of halogens is 1. The Morgan fingerprint density at radius 1 is 1.11 bits per heavy atom. The van der Waals surface area contributed by atoms with Gasteiger partial charge < -0.3 is 4.74 Å². The molecule has 0 spiro atoms. The average Bonchev–Trinajstić information content (AvgIpc) is 2.89. The number of rotatable bonds is 2. The van der Waals surface area contributed by atoms with Crippen molar-refractivity contribution in [3.05, 3.63) is 41.4 Å². The van der Waals surface area contributed by atoms with Gasteiger partial charge in [-0.15, -0.1) is 0 Å². The van der Waals surface area contributed by atoms with Crippen molar-refractivity contribution in [3.63, 3.8) is 0 Å². The fourth-order valence-corrected chi connectivity index (χ4v) is 2.94. The lowest BCUT2D eigenvalue weighted by molar-refractivity contribution is 0.185. The Bertz CT molecular complexity index is 647. The fourth-order valence-electron chi connectivity index (χ4n) is 2.72. The minimum absolute atomic E-state index is 0.00874. The van der Waals surface area contributed by atoms with Crippen molar-refractivity contribution in [2.45, 2.75) is 25.4 Å². The summed E-state index contributed by atoms with van der Waals surface area (Å²) in [5.41, 5.74) is 0. The van der Waals surface area contributed by atoms with Gasteiger partial charge in [0, 0.05) is 15.8 Å². The first kappa shape index (κ1) is 12.3. The Morgan fingerprint density at radius 2 is 1.89 bits per heavy atom. The van der Waals surface area contributed by atoms with E-state index in [2.05, 4.69) is 6.07 Å². The highest BCUT2D eigenvalue weighted by Crippen LogP contribution is 2.35. The number of ether oxygens (including phenoxy) is 1. The summed E-state index contributed by atoms with van der Waals surface area (Å²) < 4.78 is 6.07. The largest absolute Gasteiger partial charge is 0.488 e. The summed E-state index contributed by atoms with van der Waals surface area (Å²) in [5, 5.41) is 11.9. The van der Waals surface area contributed by atoms with Crippen LogP contribution in [0.1, 0.15) is 19.3 Å². The molecule has 0 saturated heterocycles. The number of nitrogens with zero attached hydrogens (tertiary/aromatic N) is 1. The molecule has 1 saturated carbocycles. The molecule has 1 aliphatic rings. The summed E-state index contributed by atoms with van der Waals surface area (Å²) >= 11 is 6.19. The highest BCUT2D eigenvalue weighted by molar-refractivity contribution is 6.35. The van der Waals surface area contributed by atoms with Gasteiger partial charge in [0.1, 0.15) is 11.9 Å². The van der Waals surface area contributed by atoms with Crippen LogP contribution in [-0.4, -0.2) is 6.10 Å². The highest BCUT2D eigenvalue weighted by Gasteiger charge is 2.29. The van der Waals surface area contributed by atoms with Crippen LogP contribution in [0.25, 0.3) is 10.8 Å². The zero-order chi connectivity index (χ0) is 13.2. The monoisotopic (exact) mass is 271 g/mol. The predicted octanol–water partition coefficient (Wildman–Crippen LogP) is 4.56. The van der Waals surface area contributed by atoms with E-state index in [1.165, 1.54) is 0 Å². The topological polar surface area (TPSA) is 33.0 Å². The molecule has 19 heavy (non-hydrogen) atoms. The number of hydrogen-bond acceptors (Lipinski definition) is 2. The minimum Gasteiger partial charge on any atom is -0.488 e. The zero-order valence-electron chi connectivity index (χ0n) is 10.5. The summed E-state index contributed by atoms with van der Waals surface area (Å²) in [7, 11) is 0. The second kappa shape index (κ2) is 5.11. The molecule has 2 nitrogen and oxygen atoms in total. The van der Waals surface area contributed by atoms with Gasteiger partial charge in [-0.25, -0.2) is 0 Å². The van der Waals surface area contributed by atoms with E-state index in [1.54, 1.807) is 0 Å². The lowest BCUT2D eigenvalue weighted by Gasteiger charge is -2.18. The molecule has 3 rings (SSSR count). The maximum atomic E-state index is 9.12. The lowest BCUT2D eigenvalue weighted by Crippen LogP contribution is -2.20. The quantitative estimate of drug-likeness (QED) is 0.802. The zero-order valence-corrected chi connectivity index (χ0v) is 11.2. The van der Waals surface area contributed by atoms with E-state index in [-0.39, 0.29) is 12.0 Å². The second-order valence-electron chi connectivity index (χ2n) is 4.91. The van der Waals surface area contributed by atoms with Crippen LogP contribution < -0.4 is 4.74 Å². The van der Waals surface area contributed by atoms with Gasteiger partial charge in [0.25, 0.3) is 0 Å². The van der Waals surface area contributed by atoms with Crippen LogP contribution in [-0.2, 0) is 0 Å². The Hall–Kier alpha value is -1.72. The van der Waals surface area contributed by atoms with Gasteiger partial charge in [-0.3, -0.25) is 0 Å². The molecular formula is C16H14ClNO. The molecule has 1 aliphatic carbocycles. The van der Waals surface area contributed by atoms with Crippen LogP contribution in [0.15, 0.2) is 36.4 Å². The van der Waals surface area contributed by atoms with Crippen LogP contribution >= 0.6 is 11.6 Å². The smallest absolute Gasteiger partial charge is 0.127 e. The maximum Gasteiger partial charge on any atom is 0.127 e. The number of benzene rings is 2. The summed E-state index contributed by atoms with van der Waals surface area (Å²) in [4.78, 5) is 0. The third-order valence-corrected chi connectivity index (χ3v) is 4.06. The first-order chi connectivity index (χ1) is 9.29. The first-order valence-electron chi connectivity index (χ1n) is 6.53. The molecule has 0 heterocycles. The van der Waals surface area contributed by atoms with Crippen molar-refractivity contribution in [2.24, 2.45) is 5.92 Å².